The second-order valence-electron chi connectivity index (χ2n) is 8.71. The van der Waals surface area contributed by atoms with Gasteiger partial charge in [0.1, 0.15) is 0 Å². The van der Waals surface area contributed by atoms with Gasteiger partial charge in [-0.1, -0.05) is 64.1 Å². The zero-order valence-electron chi connectivity index (χ0n) is 17.1. The van der Waals surface area contributed by atoms with Crippen LogP contribution in [0.3, 0.4) is 0 Å². The lowest BCUT2D eigenvalue weighted by molar-refractivity contribution is -0.123. The van der Waals surface area contributed by atoms with E-state index >= 15 is 0 Å². The molecule has 3 rings (SSSR count). The minimum atomic E-state index is -0.380. The topological polar surface area (TPSA) is 32.3 Å². The number of amides is 1. The lowest BCUT2D eigenvalue weighted by Crippen LogP contribution is -2.36. The molecule has 0 aliphatic heterocycles. The Hall–Kier alpha value is -2.13. The van der Waals surface area contributed by atoms with Gasteiger partial charge in [-0.25, -0.2) is 0 Å². The molecule has 1 aliphatic rings. The van der Waals surface area contributed by atoms with Crippen molar-refractivity contribution in [3.63, 3.8) is 0 Å². The van der Waals surface area contributed by atoms with Crippen molar-refractivity contribution < 1.29 is 4.79 Å². The van der Waals surface area contributed by atoms with E-state index in [0.29, 0.717) is 6.04 Å². The third-order valence-electron chi connectivity index (χ3n) is 5.31. The van der Waals surface area contributed by atoms with E-state index in [9.17, 15) is 4.79 Å². The smallest absolute Gasteiger partial charge is 0.229 e. The fourth-order valence-corrected chi connectivity index (χ4v) is 3.75. The Balaban J connectivity index is 1.70. The van der Waals surface area contributed by atoms with Crippen LogP contribution in [0, 0.1) is 5.41 Å². The van der Waals surface area contributed by atoms with E-state index in [1.807, 2.05) is 26.8 Å². The van der Waals surface area contributed by atoms with Gasteiger partial charge in [-0.3, -0.25) is 9.69 Å². The third kappa shape index (κ3) is 4.98. The van der Waals surface area contributed by atoms with Crippen molar-refractivity contribution in [1.29, 1.82) is 0 Å². The van der Waals surface area contributed by atoms with Crippen molar-refractivity contribution >= 4 is 11.6 Å². The first kappa shape index (κ1) is 19.6. The molecule has 27 heavy (non-hydrogen) atoms. The zero-order valence-corrected chi connectivity index (χ0v) is 17.1. The summed E-state index contributed by atoms with van der Waals surface area (Å²) in [5.74, 6) is 0.0636. The molecule has 0 spiro atoms. The fourth-order valence-electron chi connectivity index (χ4n) is 3.75. The summed E-state index contributed by atoms with van der Waals surface area (Å²) in [7, 11) is 0. The summed E-state index contributed by atoms with van der Waals surface area (Å²) in [5, 5.41) is 3.07. The molecule has 1 N–H and O–H groups in total. The SMILES string of the molecule is CCCN(Cc1ccccc1)C1Cc2ccc(NC(=O)C(C)(C)C)cc2C1. The van der Waals surface area contributed by atoms with Gasteiger partial charge in [0.15, 0.2) is 0 Å². The van der Waals surface area contributed by atoms with Crippen LogP contribution in [0.2, 0.25) is 0 Å². The van der Waals surface area contributed by atoms with Gasteiger partial charge in [0.25, 0.3) is 0 Å². The normalized spacial score (nSPS) is 16.4. The molecule has 0 radical (unpaired) electrons. The molecule has 0 saturated carbocycles. The van der Waals surface area contributed by atoms with Crippen LogP contribution in [0.15, 0.2) is 48.5 Å². The Labute approximate surface area is 163 Å². The predicted octanol–water partition coefficient (Wildman–Crippen LogP) is 5.05. The number of fused-ring (bicyclic) bond motifs is 1. The van der Waals surface area contributed by atoms with Crippen LogP contribution < -0.4 is 5.32 Å². The second kappa shape index (κ2) is 8.26. The van der Waals surface area contributed by atoms with Crippen LogP contribution in [0.1, 0.15) is 50.8 Å². The zero-order chi connectivity index (χ0) is 19.4. The van der Waals surface area contributed by atoms with Crippen LogP contribution in [-0.4, -0.2) is 23.4 Å². The van der Waals surface area contributed by atoms with Crippen LogP contribution in [0.25, 0.3) is 0 Å². The highest BCUT2D eigenvalue weighted by atomic mass is 16.2. The van der Waals surface area contributed by atoms with E-state index in [1.165, 1.54) is 16.7 Å². The number of benzene rings is 2. The molecule has 3 nitrogen and oxygen atoms in total. The highest BCUT2D eigenvalue weighted by Crippen LogP contribution is 2.30. The first-order valence-electron chi connectivity index (χ1n) is 10.1. The molecule has 1 amide bonds. The number of hydrogen-bond acceptors (Lipinski definition) is 2. The molecule has 0 aromatic heterocycles. The van der Waals surface area contributed by atoms with Gasteiger partial charge in [-0.05, 0) is 54.6 Å². The van der Waals surface area contributed by atoms with Gasteiger partial charge in [0, 0.05) is 23.7 Å². The average Bonchev–Trinajstić information content (AvgIpc) is 3.04. The first-order valence-corrected chi connectivity index (χ1v) is 10.1. The minimum absolute atomic E-state index is 0.0636. The molecule has 0 heterocycles. The highest BCUT2D eigenvalue weighted by Gasteiger charge is 2.27. The van der Waals surface area contributed by atoms with Crippen molar-refractivity contribution in [2.75, 3.05) is 11.9 Å². The quantitative estimate of drug-likeness (QED) is 0.778. The molecule has 2 aromatic rings. The summed E-state index contributed by atoms with van der Waals surface area (Å²) in [4.78, 5) is 14.9. The van der Waals surface area contributed by atoms with Crippen LogP contribution in [-0.2, 0) is 24.2 Å². The number of hydrogen-bond donors (Lipinski definition) is 1. The van der Waals surface area contributed by atoms with Gasteiger partial charge in [0.2, 0.25) is 5.91 Å². The second-order valence-corrected chi connectivity index (χ2v) is 8.71. The summed E-state index contributed by atoms with van der Waals surface area (Å²) in [5.41, 5.74) is 4.71. The van der Waals surface area contributed by atoms with Crippen LogP contribution in [0.4, 0.5) is 5.69 Å². The number of anilines is 1. The molecule has 1 aliphatic carbocycles. The lowest BCUT2D eigenvalue weighted by atomic mass is 9.95. The van der Waals surface area contributed by atoms with Gasteiger partial charge in [-0.15, -0.1) is 0 Å². The molecule has 0 fully saturated rings. The Morgan fingerprint density at radius 2 is 1.78 bits per heavy atom. The molecular formula is C24H32N2O. The Morgan fingerprint density at radius 1 is 1.07 bits per heavy atom. The van der Waals surface area contributed by atoms with Gasteiger partial charge < -0.3 is 5.32 Å². The first-order chi connectivity index (χ1) is 12.9. The molecular weight excluding hydrogens is 332 g/mol. The Bertz CT molecular complexity index is 777. The van der Waals surface area contributed by atoms with Crippen molar-refractivity contribution in [3.05, 3.63) is 65.2 Å². The van der Waals surface area contributed by atoms with Crippen molar-refractivity contribution in [2.24, 2.45) is 5.41 Å². The van der Waals surface area contributed by atoms with Crippen molar-refractivity contribution in [3.8, 4) is 0 Å². The molecule has 1 unspecified atom stereocenters. The molecule has 0 saturated heterocycles. The minimum Gasteiger partial charge on any atom is -0.326 e. The monoisotopic (exact) mass is 364 g/mol. The van der Waals surface area contributed by atoms with E-state index < -0.39 is 0 Å². The number of rotatable bonds is 6. The molecule has 1 atom stereocenters. The van der Waals surface area contributed by atoms with Gasteiger partial charge in [0.05, 0.1) is 0 Å². The predicted molar refractivity (Wildman–Crippen MR) is 113 cm³/mol. The molecule has 2 aromatic carbocycles. The summed E-state index contributed by atoms with van der Waals surface area (Å²) in [6.45, 7) is 10.2. The summed E-state index contributed by atoms with van der Waals surface area (Å²) in [6, 6.07) is 17.7. The largest absolute Gasteiger partial charge is 0.326 e. The molecule has 0 bridgehead atoms. The van der Waals surface area contributed by atoms with Gasteiger partial charge in [-0.2, -0.15) is 0 Å². The summed E-state index contributed by atoms with van der Waals surface area (Å²) >= 11 is 0. The van der Waals surface area contributed by atoms with Crippen molar-refractivity contribution in [1.82, 2.24) is 4.90 Å². The lowest BCUT2D eigenvalue weighted by Gasteiger charge is -2.28. The average molecular weight is 365 g/mol. The summed E-state index contributed by atoms with van der Waals surface area (Å²) in [6.07, 6.45) is 3.31. The fraction of sp³-hybridized carbons (Fsp3) is 0.458. The number of nitrogens with zero attached hydrogens (tertiary/aromatic N) is 1. The number of nitrogens with one attached hydrogen (secondary N) is 1. The van der Waals surface area contributed by atoms with E-state index in [-0.39, 0.29) is 11.3 Å². The van der Waals surface area contributed by atoms with Crippen LogP contribution >= 0.6 is 0 Å². The Morgan fingerprint density at radius 3 is 2.44 bits per heavy atom. The van der Waals surface area contributed by atoms with E-state index in [4.69, 9.17) is 0 Å². The summed E-state index contributed by atoms with van der Waals surface area (Å²) < 4.78 is 0. The Kier molecular flexibility index (Phi) is 6.01. The van der Waals surface area contributed by atoms with E-state index in [2.05, 4.69) is 59.6 Å². The van der Waals surface area contributed by atoms with E-state index in [0.717, 1.165) is 38.0 Å². The van der Waals surface area contributed by atoms with Gasteiger partial charge >= 0.3 is 0 Å². The maximum absolute atomic E-state index is 12.3. The maximum atomic E-state index is 12.3. The molecule has 3 heteroatoms. The number of carbonyl (C=O) groups excluding carboxylic acids is 1. The third-order valence-corrected chi connectivity index (χ3v) is 5.31. The molecule has 144 valence electrons. The maximum Gasteiger partial charge on any atom is 0.229 e. The highest BCUT2D eigenvalue weighted by molar-refractivity contribution is 5.94. The standard InChI is InChI=1S/C24H32N2O/c1-5-13-26(17-18-9-7-6-8-10-18)22-15-19-11-12-21(14-20(19)16-22)25-23(27)24(2,3)4/h6-12,14,22H,5,13,15-17H2,1-4H3,(H,25,27). The van der Waals surface area contributed by atoms with E-state index in [1.54, 1.807) is 0 Å². The van der Waals surface area contributed by atoms with Crippen molar-refractivity contribution in [2.45, 2.75) is 59.5 Å². The number of carbonyl (C=O) groups is 1. The van der Waals surface area contributed by atoms with Crippen LogP contribution in [0.5, 0.6) is 0 Å².